The van der Waals surface area contributed by atoms with E-state index in [1.165, 1.54) is 31.0 Å². The molecule has 0 saturated carbocycles. The highest BCUT2D eigenvalue weighted by molar-refractivity contribution is 5.86. The molecule has 3 aliphatic heterocycles. The van der Waals surface area contributed by atoms with Gasteiger partial charge in [-0.2, -0.15) is 0 Å². The highest BCUT2D eigenvalue weighted by atomic mass is 19.1. The predicted molar refractivity (Wildman–Crippen MR) is 151 cm³/mol. The lowest BCUT2D eigenvalue weighted by Gasteiger charge is -2.28. The number of hydrogen-bond donors (Lipinski definition) is 1. The normalized spacial score (nSPS) is 19.3. The summed E-state index contributed by atoms with van der Waals surface area (Å²) in [6, 6.07) is 11.7. The molecule has 200 valence electrons. The smallest absolute Gasteiger partial charge is 0.261 e. The molecule has 8 heteroatoms. The number of benzene rings is 2. The van der Waals surface area contributed by atoms with Gasteiger partial charge in [0.15, 0.2) is 0 Å². The third-order valence-electron chi connectivity index (χ3n) is 7.96. The SMILES string of the molecule is O=c1c2cc(F)c(NCCCN3CCOCC3)cc2nc2n1CC/C2=C\c1ccc(N2CCCCC2)cc1. The second-order valence-electron chi connectivity index (χ2n) is 10.5. The second kappa shape index (κ2) is 11.3. The number of nitrogens with zero attached hydrogens (tertiary/aromatic N) is 4. The number of hydrogen-bond acceptors (Lipinski definition) is 6. The molecule has 0 radical (unpaired) electrons. The van der Waals surface area contributed by atoms with Gasteiger partial charge in [-0.3, -0.25) is 14.3 Å². The summed E-state index contributed by atoms with van der Waals surface area (Å²) in [6.07, 6.45) is 7.60. The summed E-state index contributed by atoms with van der Waals surface area (Å²) in [5.41, 5.74) is 4.17. The predicted octanol–water partition coefficient (Wildman–Crippen LogP) is 4.60. The molecule has 0 spiro atoms. The number of rotatable bonds is 7. The van der Waals surface area contributed by atoms with Crippen molar-refractivity contribution in [2.45, 2.75) is 38.6 Å². The molecule has 7 nitrogen and oxygen atoms in total. The number of nitrogens with one attached hydrogen (secondary N) is 1. The van der Waals surface area contributed by atoms with Crippen molar-refractivity contribution < 1.29 is 9.13 Å². The van der Waals surface area contributed by atoms with Crippen LogP contribution in [0.4, 0.5) is 15.8 Å². The van der Waals surface area contributed by atoms with Crippen LogP contribution in [0.5, 0.6) is 0 Å². The van der Waals surface area contributed by atoms with E-state index in [9.17, 15) is 9.18 Å². The van der Waals surface area contributed by atoms with Crippen LogP contribution in [0.15, 0.2) is 41.2 Å². The molecule has 0 unspecified atom stereocenters. The topological polar surface area (TPSA) is 62.6 Å². The van der Waals surface area contributed by atoms with Gasteiger partial charge in [0, 0.05) is 45.0 Å². The van der Waals surface area contributed by atoms with Crippen LogP contribution < -0.4 is 15.8 Å². The zero-order valence-corrected chi connectivity index (χ0v) is 21.9. The third-order valence-corrected chi connectivity index (χ3v) is 7.96. The van der Waals surface area contributed by atoms with Crippen molar-refractivity contribution in [3.8, 4) is 0 Å². The van der Waals surface area contributed by atoms with Gasteiger partial charge in [-0.25, -0.2) is 9.37 Å². The Labute approximate surface area is 222 Å². The van der Waals surface area contributed by atoms with Crippen molar-refractivity contribution in [3.63, 3.8) is 0 Å². The van der Waals surface area contributed by atoms with Crippen molar-refractivity contribution in [2.75, 3.05) is 62.7 Å². The number of fused-ring (bicyclic) bond motifs is 2. The average molecular weight is 518 g/mol. The molecule has 0 atom stereocenters. The highest BCUT2D eigenvalue weighted by Crippen LogP contribution is 2.30. The summed E-state index contributed by atoms with van der Waals surface area (Å²) in [4.78, 5) is 22.9. The molecule has 4 heterocycles. The first-order valence-corrected chi connectivity index (χ1v) is 14.0. The van der Waals surface area contributed by atoms with Gasteiger partial charge in [0.05, 0.1) is 29.8 Å². The summed E-state index contributed by atoms with van der Waals surface area (Å²) in [5, 5.41) is 3.55. The zero-order chi connectivity index (χ0) is 25.9. The van der Waals surface area contributed by atoms with Crippen LogP contribution in [0.1, 0.15) is 43.5 Å². The van der Waals surface area contributed by atoms with Crippen molar-refractivity contribution >= 4 is 33.9 Å². The summed E-state index contributed by atoms with van der Waals surface area (Å²) < 4.78 is 22.0. The lowest BCUT2D eigenvalue weighted by atomic mass is 10.1. The second-order valence-corrected chi connectivity index (χ2v) is 10.5. The van der Waals surface area contributed by atoms with Crippen LogP contribution in [-0.2, 0) is 11.3 Å². The van der Waals surface area contributed by atoms with Gasteiger partial charge < -0.3 is 15.0 Å². The molecule has 38 heavy (non-hydrogen) atoms. The van der Waals surface area contributed by atoms with Gasteiger partial charge in [-0.15, -0.1) is 0 Å². The van der Waals surface area contributed by atoms with Crippen LogP contribution >= 0.6 is 0 Å². The Hall–Kier alpha value is -3.23. The van der Waals surface area contributed by atoms with Crippen LogP contribution in [-0.4, -0.2) is 66.9 Å². The van der Waals surface area contributed by atoms with Gasteiger partial charge in [-0.05, 0) is 80.1 Å². The molecule has 1 aromatic heterocycles. The molecule has 2 aromatic carbocycles. The maximum Gasteiger partial charge on any atom is 0.261 e. The number of anilines is 2. The molecule has 1 N–H and O–H groups in total. The molecule has 0 amide bonds. The Bertz CT molecular complexity index is 1370. The Morgan fingerprint density at radius 1 is 1.00 bits per heavy atom. The minimum absolute atomic E-state index is 0.174. The number of ether oxygens (including phenoxy) is 1. The van der Waals surface area contributed by atoms with E-state index in [0.717, 1.165) is 69.9 Å². The van der Waals surface area contributed by atoms with E-state index in [4.69, 9.17) is 9.72 Å². The Morgan fingerprint density at radius 2 is 1.79 bits per heavy atom. The summed E-state index contributed by atoms with van der Waals surface area (Å²) in [6.45, 7) is 7.87. The summed E-state index contributed by atoms with van der Waals surface area (Å²) >= 11 is 0. The van der Waals surface area contributed by atoms with E-state index in [0.29, 0.717) is 35.5 Å². The maximum atomic E-state index is 14.9. The van der Waals surface area contributed by atoms with Gasteiger partial charge in [-0.1, -0.05) is 12.1 Å². The van der Waals surface area contributed by atoms with Gasteiger partial charge in [0.2, 0.25) is 0 Å². The first-order chi connectivity index (χ1) is 18.7. The lowest BCUT2D eigenvalue weighted by molar-refractivity contribution is 0.0378. The van der Waals surface area contributed by atoms with Crippen molar-refractivity contribution in [2.24, 2.45) is 0 Å². The fraction of sp³-hybridized carbons (Fsp3) is 0.467. The van der Waals surface area contributed by atoms with E-state index < -0.39 is 5.82 Å². The fourth-order valence-corrected chi connectivity index (χ4v) is 5.80. The molecule has 2 saturated heterocycles. The minimum Gasteiger partial charge on any atom is -0.383 e. The van der Waals surface area contributed by atoms with E-state index in [1.807, 2.05) is 0 Å². The third kappa shape index (κ3) is 5.33. The number of halogens is 1. The van der Waals surface area contributed by atoms with Crippen LogP contribution in [0.3, 0.4) is 0 Å². The van der Waals surface area contributed by atoms with E-state index >= 15 is 0 Å². The largest absolute Gasteiger partial charge is 0.383 e. The van der Waals surface area contributed by atoms with E-state index in [-0.39, 0.29) is 5.56 Å². The average Bonchev–Trinajstić information content (AvgIpc) is 3.36. The number of morpholine rings is 1. The monoisotopic (exact) mass is 517 g/mol. The van der Waals surface area contributed by atoms with E-state index in [2.05, 4.69) is 45.5 Å². The standard InChI is InChI=1S/C30H36FN5O2/c31-26-20-25-27(21-28(26)32-10-4-11-34-15-17-38-18-16-34)33-29-23(9-14-36(29)30(25)37)19-22-5-7-24(8-6-22)35-12-2-1-3-13-35/h5-8,19-21,32H,1-4,9-18H2/b23-19+. The number of allylic oxidation sites excluding steroid dienone is 1. The van der Waals surface area contributed by atoms with Crippen LogP contribution in [0.2, 0.25) is 0 Å². The van der Waals surface area contributed by atoms with Gasteiger partial charge >= 0.3 is 0 Å². The molecule has 3 aromatic rings. The van der Waals surface area contributed by atoms with Crippen LogP contribution in [0.25, 0.3) is 22.6 Å². The van der Waals surface area contributed by atoms with E-state index in [1.54, 1.807) is 10.6 Å². The molecular formula is C30H36FN5O2. The van der Waals surface area contributed by atoms with Crippen molar-refractivity contribution in [3.05, 3.63) is 64.0 Å². The fourth-order valence-electron chi connectivity index (χ4n) is 5.80. The van der Waals surface area contributed by atoms with Crippen molar-refractivity contribution in [1.29, 1.82) is 0 Å². The summed E-state index contributed by atoms with van der Waals surface area (Å²) in [7, 11) is 0. The maximum absolute atomic E-state index is 14.9. The Morgan fingerprint density at radius 3 is 2.58 bits per heavy atom. The minimum atomic E-state index is -0.411. The lowest BCUT2D eigenvalue weighted by Crippen LogP contribution is -2.37. The Balaban J connectivity index is 1.20. The molecule has 6 rings (SSSR count). The quantitative estimate of drug-likeness (QED) is 0.462. The van der Waals surface area contributed by atoms with Crippen molar-refractivity contribution in [1.82, 2.24) is 14.5 Å². The van der Waals surface area contributed by atoms with Gasteiger partial charge in [0.1, 0.15) is 11.6 Å². The molecule has 3 aliphatic rings. The zero-order valence-electron chi connectivity index (χ0n) is 21.9. The number of piperidine rings is 1. The molecule has 0 aliphatic carbocycles. The molecule has 2 fully saturated rings. The first-order valence-electron chi connectivity index (χ1n) is 14.0. The molecular weight excluding hydrogens is 481 g/mol. The first kappa shape index (κ1) is 25.1. The summed E-state index contributed by atoms with van der Waals surface area (Å²) in [5.74, 6) is 0.276. The Kier molecular flexibility index (Phi) is 7.42. The number of aromatic nitrogens is 2. The van der Waals surface area contributed by atoms with Gasteiger partial charge in [0.25, 0.3) is 5.56 Å². The highest BCUT2D eigenvalue weighted by Gasteiger charge is 2.22. The van der Waals surface area contributed by atoms with Crippen LogP contribution in [0, 0.1) is 5.82 Å². The molecule has 0 bridgehead atoms.